The van der Waals surface area contributed by atoms with Gasteiger partial charge in [0.1, 0.15) is 11.6 Å². The summed E-state index contributed by atoms with van der Waals surface area (Å²) < 4.78 is 53.5. The zero-order valence-corrected chi connectivity index (χ0v) is 11.9. The number of likely N-dealkylation sites (N-methyl/N-ethyl adjacent to an activating group) is 1. The maximum atomic E-state index is 13.6. The zero-order chi connectivity index (χ0) is 14.9. The van der Waals surface area contributed by atoms with Gasteiger partial charge in [-0.3, -0.25) is 0 Å². The molecule has 0 aromatic heterocycles. The highest BCUT2D eigenvalue weighted by Gasteiger charge is 2.27. The summed E-state index contributed by atoms with van der Waals surface area (Å²) in [6.07, 6.45) is 1.83. The van der Waals surface area contributed by atoms with Crippen LogP contribution >= 0.6 is 0 Å². The SMILES string of the molecule is CN1CCCC1CNS(=O)(=O)c1c(F)cc(N)cc1F. The Morgan fingerprint density at radius 1 is 1.40 bits per heavy atom. The van der Waals surface area contributed by atoms with Gasteiger partial charge in [0.15, 0.2) is 4.90 Å². The van der Waals surface area contributed by atoms with Crippen molar-refractivity contribution in [1.29, 1.82) is 0 Å². The first-order valence-electron chi connectivity index (χ1n) is 6.25. The molecule has 1 saturated heterocycles. The summed E-state index contributed by atoms with van der Waals surface area (Å²) in [4.78, 5) is 1.03. The number of nitrogen functional groups attached to an aromatic ring is 1. The molecule has 3 N–H and O–H groups in total. The van der Waals surface area contributed by atoms with Crippen LogP contribution < -0.4 is 10.5 Å². The molecule has 1 atom stereocenters. The third kappa shape index (κ3) is 3.08. The number of anilines is 1. The molecule has 0 spiro atoms. The standard InChI is InChI=1S/C12H17F2N3O2S/c1-17-4-2-3-9(17)7-16-20(18,19)12-10(13)5-8(15)6-11(12)14/h5-6,9,16H,2-4,7,15H2,1H3. The van der Waals surface area contributed by atoms with Crippen molar-refractivity contribution in [3.8, 4) is 0 Å². The van der Waals surface area contributed by atoms with Crippen LogP contribution in [0, 0.1) is 11.6 Å². The summed E-state index contributed by atoms with van der Waals surface area (Å²) in [5.41, 5.74) is 5.10. The number of nitrogens with one attached hydrogen (secondary N) is 1. The Bertz CT molecular complexity index is 584. The molecular weight excluding hydrogens is 288 g/mol. The summed E-state index contributed by atoms with van der Waals surface area (Å²) in [6, 6.07) is 1.63. The molecule has 0 radical (unpaired) electrons. The highest BCUT2D eigenvalue weighted by molar-refractivity contribution is 7.89. The first kappa shape index (κ1) is 15.1. The van der Waals surface area contributed by atoms with E-state index in [1.165, 1.54) is 0 Å². The summed E-state index contributed by atoms with van der Waals surface area (Å²) in [5.74, 6) is -2.37. The van der Waals surface area contributed by atoms with Crippen molar-refractivity contribution in [2.45, 2.75) is 23.8 Å². The van der Waals surface area contributed by atoms with E-state index in [-0.39, 0.29) is 18.3 Å². The lowest BCUT2D eigenvalue weighted by Gasteiger charge is -2.19. The zero-order valence-electron chi connectivity index (χ0n) is 11.1. The van der Waals surface area contributed by atoms with Crippen LogP contribution in [-0.4, -0.2) is 39.5 Å². The molecule has 1 aliphatic rings. The minimum Gasteiger partial charge on any atom is -0.399 e. The van der Waals surface area contributed by atoms with Gasteiger partial charge in [-0.25, -0.2) is 21.9 Å². The van der Waals surface area contributed by atoms with Crippen LogP contribution in [0.1, 0.15) is 12.8 Å². The molecule has 1 heterocycles. The van der Waals surface area contributed by atoms with Crippen LogP contribution in [0.2, 0.25) is 0 Å². The molecule has 8 heteroatoms. The van der Waals surface area contributed by atoms with Gasteiger partial charge in [0.05, 0.1) is 0 Å². The Balaban J connectivity index is 2.18. The number of hydrogen-bond donors (Lipinski definition) is 2. The van der Waals surface area contributed by atoms with E-state index in [9.17, 15) is 17.2 Å². The van der Waals surface area contributed by atoms with E-state index in [4.69, 9.17) is 5.73 Å². The third-order valence-electron chi connectivity index (χ3n) is 3.47. The molecular formula is C12H17F2N3O2S. The Hall–Kier alpha value is -1.25. The second-order valence-corrected chi connectivity index (χ2v) is 6.65. The fraction of sp³-hybridized carbons (Fsp3) is 0.500. The normalized spacial score (nSPS) is 20.4. The number of halogens is 2. The van der Waals surface area contributed by atoms with Crippen molar-refractivity contribution < 1.29 is 17.2 Å². The van der Waals surface area contributed by atoms with Crippen LogP contribution in [0.15, 0.2) is 17.0 Å². The Kier molecular flexibility index (Phi) is 4.26. The van der Waals surface area contributed by atoms with Crippen LogP contribution in [0.3, 0.4) is 0 Å². The van der Waals surface area contributed by atoms with Crippen LogP contribution in [0.25, 0.3) is 0 Å². The molecule has 112 valence electrons. The second kappa shape index (κ2) is 5.63. The molecule has 0 saturated carbocycles. The molecule has 1 fully saturated rings. The van der Waals surface area contributed by atoms with E-state index < -0.39 is 26.6 Å². The first-order chi connectivity index (χ1) is 9.31. The van der Waals surface area contributed by atoms with Crippen LogP contribution in [-0.2, 0) is 10.0 Å². The minimum atomic E-state index is -4.23. The van der Waals surface area contributed by atoms with Crippen molar-refractivity contribution >= 4 is 15.7 Å². The highest BCUT2D eigenvalue weighted by Crippen LogP contribution is 2.22. The predicted octanol–water partition coefficient (Wildman–Crippen LogP) is 0.919. The van der Waals surface area contributed by atoms with Crippen molar-refractivity contribution in [3.05, 3.63) is 23.8 Å². The Labute approximate surface area is 116 Å². The molecule has 1 aromatic carbocycles. The van der Waals surface area contributed by atoms with Gasteiger partial charge in [0, 0.05) is 18.3 Å². The smallest absolute Gasteiger partial charge is 0.246 e. The quantitative estimate of drug-likeness (QED) is 0.811. The topological polar surface area (TPSA) is 75.4 Å². The summed E-state index contributed by atoms with van der Waals surface area (Å²) in [6.45, 7) is 1.01. The van der Waals surface area contributed by atoms with Crippen molar-refractivity contribution in [1.82, 2.24) is 9.62 Å². The van der Waals surface area contributed by atoms with Gasteiger partial charge < -0.3 is 10.6 Å². The van der Waals surface area contributed by atoms with E-state index in [1.807, 2.05) is 11.9 Å². The fourth-order valence-electron chi connectivity index (χ4n) is 2.35. The Morgan fingerprint density at radius 2 is 2.00 bits per heavy atom. The maximum Gasteiger partial charge on any atom is 0.246 e. The minimum absolute atomic E-state index is 0.0460. The molecule has 1 aliphatic heterocycles. The summed E-state index contributed by atoms with van der Waals surface area (Å²) >= 11 is 0. The molecule has 5 nitrogen and oxygen atoms in total. The molecule has 0 amide bonds. The van der Waals surface area contributed by atoms with Gasteiger partial charge >= 0.3 is 0 Å². The number of hydrogen-bond acceptors (Lipinski definition) is 4. The summed E-state index contributed by atoms with van der Waals surface area (Å²) in [7, 11) is -2.35. The average molecular weight is 305 g/mol. The fourth-order valence-corrected chi connectivity index (χ4v) is 3.54. The molecule has 0 aliphatic carbocycles. The largest absolute Gasteiger partial charge is 0.399 e. The third-order valence-corrected chi connectivity index (χ3v) is 4.94. The molecule has 0 bridgehead atoms. The maximum absolute atomic E-state index is 13.6. The van der Waals surface area contributed by atoms with Crippen molar-refractivity contribution in [2.75, 3.05) is 25.9 Å². The van der Waals surface area contributed by atoms with Gasteiger partial charge in [0.25, 0.3) is 0 Å². The Morgan fingerprint density at radius 3 is 2.50 bits per heavy atom. The first-order valence-corrected chi connectivity index (χ1v) is 7.74. The van der Waals surface area contributed by atoms with Gasteiger partial charge in [-0.1, -0.05) is 0 Å². The van der Waals surface area contributed by atoms with Crippen LogP contribution in [0.5, 0.6) is 0 Å². The molecule has 20 heavy (non-hydrogen) atoms. The van der Waals surface area contributed by atoms with E-state index in [2.05, 4.69) is 4.72 Å². The van der Waals surface area contributed by atoms with E-state index in [1.54, 1.807) is 0 Å². The second-order valence-electron chi connectivity index (χ2n) is 4.94. The van der Waals surface area contributed by atoms with Gasteiger partial charge in [-0.05, 0) is 38.6 Å². The average Bonchev–Trinajstić information content (AvgIpc) is 2.70. The lowest BCUT2D eigenvalue weighted by Crippen LogP contribution is -2.38. The number of likely N-dealkylation sites (tertiary alicyclic amines) is 1. The molecule has 2 rings (SSSR count). The van der Waals surface area contributed by atoms with E-state index in [0.29, 0.717) is 0 Å². The van der Waals surface area contributed by atoms with Crippen molar-refractivity contribution in [2.24, 2.45) is 0 Å². The van der Waals surface area contributed by atoms with Crippen molar-refractivity contribution in [3.63, 3.8) is 0 Å². The van der Waals surface area contributed by atoms with Gasteiger partial charge in [-0.2, -0.15) is 0 Å². The highest BCUT2D eigenvalue weighted by atomic mass is 32.2. The lowest BCUT2D eigenvalue weighted by atomic mass is 10.2. The number of sulfonamides is 1. The lowest BCUT2D eigenvalue weighted by molar-refractivity contribution is 0.310. The molecule has 1 aromatic rings. The van der Waals surface area contributed by atoms with Gasteiger partial charge in [-0.15, -0.1) is 0 Å². The number of rotatable bonds is 4. The molecule has 1 unspecified atom stereocenters. The predicted molar refractivity (Wildman–Crippen MR) is 71.6 cm³/mol. The van der Waals surface area contributed by atoms with Crippen LogP contribution in [0.4, 0.5) is 14.5 Å². The number of nitrogens with two attached hydrogens (primary N) is 1. The number of nitrogens with zero attached hydrogens (tertiary/aromatic N) is 1. The van der Waals surface area contributed by atoms with Gasteiger partial charge in [0.2, 0.25) is 10.0 Å². The van der Waals surface area contributed by atoms with E-state index >= 15 is 0 Å². The van der Waals surface area contributed by atoms with E-state index in [0.717, 1.165) is 31.5 Å². The summed E-state index contributed by atoms with van der Waals surface area (Å²) in [5, 5.41) is 0. The monoisotopic (exact) mass is 305 g/mol. The number of benzene rings is 1.